The smallest absolute Gasteiger partial charge is 0.246 e. The number of nitrogens with one attached hydrogen (secondary N) is 1. The molecule has 0 fully saturated rings. The summed E-state index contributed by atoms with van der Waals surface area (Å²) < 4.78 is 35.7. The maximum absolute atomic E-state index is 11.7. The van der Waals surface area contributed by atoms with Gasteiger partial charge in [0, 0.05) is 19.9 Å². The van der Waals surface area contributed by atoms with Crippen LogP contribution in [0.15, 0.2) is 23.1 Å². The second kappa shape index (κ2) is 6.50. The minimum atomic E-state index is -3.29. The zero-order valence-electron chi connectivity index (χ0n) is 13.5. The van der Waals surface area contributed by atoms with Gasteiger partial charge in [0.15, 0.2) is 9.84 Å². The molecule has 0 bridgehead atoms. The predicted octanol–water partition coefficient (Wildman–Crippen LogP) is 0.274. The molecule has 1 amide bonds. The Morgan fingerprint density at radius 1 is 1.50 bits per heavy atom. The van der Waals surface area contributed by atoms with Crippen LogP contribution in [0.25, 0.3) is 11.0 Å². The molecule has 0 radical (unpaired) electrons. The first kappa shape index (κ1) is 16.9. The average Bonchev–Trinajstić information content (AvgIpc) is 2.90. The van der Waals surface area contributed by atoms with Gasteiger partial charge >= 0.3 is 0 Å². The Bertz CT molecular complexity index is 875. The molecule has 2 heterocycles. The lowest BCUT2D eigenvalue weighted by Gasteiger charge is -2.26. The Morgan fingerprint density at radius 3 is 3.00 bits per heavy atom. The number of nitrogens with zero attached hydrogens (tertiary/aromatic N) is 2. The van der Waals surface area contributed by atoms with Crippen LogP contribution in [-0.4, -0.2) is 57.0 Å². The number of methoxy groups -OCH3 is 1. The van der Waals surface area contributed by atoms with Crippen molar-refractivity contribution in [2.45, 2.75) is 17.5 Å². The third-order valence-corrected chi connectivity index (χ3v) is 4.99. The van der Waals surface area contributed by atoms with E-state index in [4.69, 9.17) is 9.47 Å². The highest BCUT2D eigenvalue weighted by Crippen LogP contribution is 2.27. The summed E-state index contributed by atoms with van der Waals surface area (Å²) in [6.07, 6.45) is 1.17. The lowest BCUT2D eigenvalue weighted by atomic mass is 10.2. The number of hydrogen-bond donors (Lipinski definition) is 1. The van der Waals surface area contributed by atoms with Crippen molar-refractivity contribution in [3.8, 4) is 0 Å². The largest absolute Gasteiger partial charge is 0.375 e. The van der Waals surface area contributed by atoms with E-state index >= 15 is 0 Å². The second-order valence-electron chi connectivity index (χ2n) is 5.73. The summed E-state index contributed by atoms with van der Waals surface area (Å²) in [4.78, 5) is 16.3. The molecule has 130 valence electrons. The summed E-state index contributed by atoms with van der Waals surface area (Å²) in [7, 11) is -1.83. The van der Waals surface area contributed by atoms with Crippen molar-refractivity contribution in [3.05, 3.63) is 24.0 Å². The number of fused-ring (bicyclic) bond motifs is 3. The van der Waals surface area contributed by atoms with Gasteiger partial charge in [0.25, 0.3) is 0 Å². The molecule has 1 aromatic heterocycles. The maximum Gasteiger partial charge on any atom is 0.246 e. The minimum absolute atomic E-state index is 0.00281. The molecule has 1 aliphatic rings. The third kappa shape index (κ3) is 3.28. The van der Waals surface area contributed by atoms with Crippen molar-refractivity contribution in [2.75, 3.05) is 33.1 Å². The van der Waals surface area contributed by atoms with Gasteiger partial charge in [0.1, 0.15) is 19.0 Å². The fourth-order valence-corrected chi connectivity index (χ4v) is 3.43. The topological polar surface area (TPSA) is 99.5 Å². The lowest BCUT2D eigenvalue weighted by Crippen LogP contribution is -2.37. The van der Waals surface area contributed by atoms with E-state index < -0.39 is 9.84 Å². The van der Waals surface area contributed by atoms with Gasteiger partial charge in [0.2, 0.25) is 5.91 Å². The molecule has 0 saturated carbocycles. The number of ether oxygens (including phenoxy) is 2. The number of imidazole rings is 1. The molecule has 9 heteroatoms. The van der Waals surface area contributed by atoms with Gasteiger partial charge < -0.3 is 19.4 Å². The number of benzene rings is 1. The van der Waals surface area contributed by atoms with Crippen LogP contribution in [0.4, 0.5) is 0 Å². The molecule has 0 saturated heterocycles. The van der Waals surface area contributed by atoms with Crippen molar-refractivity contribution in [3.63, 3.8) is 0 Å². The van der Waals surface area contributed by atoms with Gasteiger partial charge in [-0.25, -0.2) is 13.4 Å². The zero-order valence-corrected chi connectivity index (χ0v) is 14.3. The fourth-order valence-electron chi connectivity index (χ4n) is 2.79. The Morgan fingerprint density at radius 2 is 2.29 bits per heavy atom. The predicted molar refractivity (Wildman–Crippen MR) is 86.4 cm³/mol. The number of amides is 1. The summed E-state index contributed by atoms with van der Waals surface area (Å²) in [6.45, 7) is 1.18. The second-order valence-corrected chi connectivity index (χ2v) is 7.74. The number of hydrogen-bond acceptors (Lipinski definition) is 6. The number of rotatable bonds is 5. The normalized spacial score (nSPS) is 17.7. The van der Waals surface area contributed by atoms with E-state index in [0.717, 1.165) is 5.52 Å². The molecular weight excluding hydrogens is 334 g/mol. The maximum atomic E-state index is 11.7. The van der Waals surface area contributed by atoms with Crippen LogP contribution in [0.3, 0.4) is 0 Å². The van der Waals surface area contributed by atoms with E-state index in [1.807, 2.05) is 4.57 Å². The van der Waals surface area contributed by atoms with Crippen LogP contribution in [0.1, 0.15) is 11.9 Å². The number of aromatic nitrogens is 2. The third-order valence-electron chi connectivity index (χ3n) is 3.88. The van der Waals surface area contributed by atoms with Crippen LogP contribution in [0, 0.1) is 0 Å². The first-order valence-electron chi connectivity index (χ1n) is 7.44. The van der Waals surface area contributed by atoms with Crippen molar-refractivity contribution in [1.29, 1.82) is 0 Å². The molecule has 0 spiro atoms. The van der Waals surface area contributed by atoms with Gasteiger partial charge in [0.05, 0.1) is 28.6 Å². The number of carbonyl (C=O) groups excluding carboxylic acids is 1. The standard InChI is InChI=1S/C15H19N3O5S/c1-22-9-15(19)16-6-10-7-23-8-14-17-12-5-11(24(2,20)21)3-4-13(12)18(10)14/h3-5,10H,6-9H2,1-2H3,(H,16,19). The van der Waals surface area contributed by atoms with Gasteiger partial charge in [-0.3, -0.25) is 4.79 Å². The lowest BCUT2D eigenvalue weighted by molar-refractivity contribution is -0.125. The van der Waals surface area contributed by atoms with Crippen molar-refractivity contribution < 1.29 is 22.7 Å². The quantitative estimate of drug-likeness (QED) is 0.828. The molecule has 1 N–H and O–H groups in total. The van der Waals surface area contributed by atoms with E-state index in [0.29, 0.717) is 31.1 Å². The summed E-state index contributed by atoms with van der Waals surface area (Å²) in [5.74, 6) is 0.515. The SMILES string of the molecule is COCC(=O)NCC1COCc2nc3cc(S(C)(=O)=O)ccc3n21. The summed E-state index contributed by atoms with van der Waals surface area (Å²) in [6, 6.07) is 4.78. The molecule has 8 nitrogen and oxygen atoms in total. The fraction of sp³-hybridized carbons (Fsp3) is 0.467. The van der Waals surface area contributed by atoms with Crippen molar-refractivity contribution >= 4 is 26.8 Å². The molecule has 24 heavy (non-hydrogen) atoms. The highest BCUT2D eigenvalue weighted by atomic mass is 32.2. The molecule has 0 aliphatic carbocycles. The molecule has 1 atom stereocenters. The van der Waals surface area contributed by atoms with Gasteiger partial charge in [-0.2, -0.15) is 0 Å². The van der Waals surface area contributed by atoms with E-state index in [9.17, 15) is 13.2 Å². The van der Waals surface area contributed by atoms with Crippen LogP contribution in [0.5, 0.6) is 0 Å². The van der Waals surface area contributed by atoms with Gasteiger partial charge in [-0.15, -0.1) is 0 Å². The Kier molecular flexibility index (Phi) is 4.57. The molecule has 2 aromatic rings. The minimum Gasteiger partial charge on any atom is -0.375 e. The van der Waals surface area contributed by atoms with Crippen molar-refractivity contribution in [1.82, 2.24) is 14.9 Å². The molecule has 1 aliphatic heterocycles. The van der Waals surface area contributed by atoms with Crippen LogP contribution in [0.2, 0.25) is 0 Å². The first-order chi connectivity index (χ1) is 11.4. The van der Waals surface area contributed by atoms with E-state index in [-0.39, 0.29) is 23.5 Å². The van der Waals surface area contributed by atoms with E-state index in [1.165, 1.54) is 13.4 Å². The Labute approximate surface area is 139 Å². The van der Waals surface area contributed by atoms with Crippen molar-refractivity contribution in [2.24, 2.45) is 0 Å². The van der Waals surface area contributed by atoms with Crippen LogP contribution in [-0.2, 0) is 30.7 Å². The molecule has 1 aromatic carbocycles. The van der Waals surface area contributed by atoms with Gasteiger partial charge in [-0.05, 0) is 18.2 Å². The number of carbonyl (C=O) groups is 1. The van der Waals surface area contributed by atoms with E-state index in [1.54, 1.807) is 18.2 Å². The first-order valence-corrected chi connectivity index (χ1v) is 9.33. The summed E-state index contributed by atoms with van der Waals surface area (Å²) in [5, 5.41) is 2.80. The Hall–Kier alpha value is -1.97. The van der Waals surface area contributed by atoms with Crippen LogP contribution >= 0.6 is 0 Å². The van der Waals surface area contributed by atoms with E-state index in [2.05, 4.69) is 10.3 Å². The monoisotopic (exact) mass is 353 g/mol. The average molecular weight is 353 g/mol. The number of sulfone groups is 1. The zero-order chi connectivity index (χ0) is 17.3. The highest BCUT2D eigenvalue weighted by Gasteiger charge is 2.25. The molecule has 1 unspecified atom stereocenters. The highest BCUT2D eigenvalue weighted by molar-refractivity contribution is 7.90. The van der Waals surface area contributed by atoms with Gasteiger partial charge in [-0.1, -0.05) is 0 Å². The molecule has 3 rings (SSSR count). The summed E-state index contributed by atoms with van der Waals surface area (Å²) >= 11 is 0. The summed E-state index contributed by atoms with van der Waals surface area (Å²) in [5.41, 5.74) is 1.43. The molecular formula is C15H19N3O5S. The van der Waals surface area contributed by atoms with Crippen LogP contribution < -0.4 is 5.32 Å². The Balaban J connectivity index is 1.93.